The van der Waals surface area contributed by atoms with Crippen molar-refractivity contribution in [2.24, 2.45) is 0 Å². The molecule has 0 bridgehead atoms. The van der Waals surface area contributed by atoms with Crippen LogP contribution in [0.4, 0.5) is 16.9 Å². The van der Waals surface area contributed by atoms with E-state index >= 15 is 0 Å². The maximum atomic E-state index is 5.58. The number of nitrogen functional groups attached to an aromatic ring is 1. The van der Waals surface area contributed by atoms with E-state index in [-0.39, 0.29) is 0 Å². The topological polar surface area (TPSA) is 76.7 Å². The fraction of sp³-hybridized carbons (Fsp3) is 0. The first-order valence-electron chi connectivity index (χ1n) is 5.02. The third-order valence-corrected chi connectivity index (χ3v) is 3.14. The SMILES string of the molecule is Nc1ccnc(Nc2nc3ccccc3s2)n1. The predicted octanol–water partition coefficient (Wildman–Crippen LogP) is 2.41. The molecule has 84 valence electrons. The van der Waals surface area contributed by atoms with Crippen LogP contribution in [0.15, 0.2) is 36.5 Å². The molecule has 3 N–H and O–H groups in total. The summed E-state index contributed by atoms with van der Waals surface area (Å²) in [6.07, 6.45) is 1.61. The van der Waals surface area contributed by atoms with Gasteiger partial charge in [0, 0.05) is 6.20 Å². The number of fused-ring (bicyclic) bond motifs is 1. The van der Waals surface area contributed by atoms with Crippen molar-refractivity contribution in [3.05, 3.63) is 36.5 Å². The molecule has 3 aromatic rings. The maximum absolute atomic E-state index is 5.58. The van der Waals surface area contributed by atoms with Crippen molar-refractivity contribution in [1.82, 2.24) is 15.0 Å². The zero-order valence-corrected chi connectivity index (χ0v) is 9.61. The van der Waals surface area contributed by atoms with Gasteiger partial charge in [0.25, 0.3) is 0 Å². The van der Waals surface area contributed by atoms with Gasteiger partial charge in [-0.05, 0) is 18.2 Å². The van der Waals surface area contributed by atoms with E-state index in [1.807, 2.05) is 24.3 Å². The van der Waals surface area contributed by atoms with Crippen molar-refractivity contribution in [2.45, 2.75) is 0 Å². The first-order chi connectivity index (χ1) is 8.31. The Morgan fingerprint density at radius 2 is 2.00 bits per heavy atom. The molecule has 0 aliphatic rings. The van der Waals surface area contributed by atoms with Gasteiger partial charge in [-0.1, -0.05) is 23.5 Å². The van der Waals surface area contributed by atoms with E-state index in [0.717, 1.165) is 15.3 Å². The molecule has 1 aromatic carbocycles. The predicted molar refractivity (Wildman–Crippen MR) is 69.3 cm³/mol. The Balaban J connectivity index is 1.94. The van der Waals surface area contributed by atoms with Crippen molar-refractivity contribution in [1.29, 1.82) is 0 Å². The largest absolute Gasteiger partial charge is 0.384 e. The lowest BCUT2D eigenvalue weighted by atomic mass is 10.3. The number of para-hydroxylation sites is 1. The van der Waals surface area contributed by atoms with Crippen LogP contribution in [0.1, 0.15) is 0 Å². The molecular weight excluding hydrogens is 234 g/mol. The minimum atomic E-state index is 0.434. The average Bonchev–Trinajstić information content (AvgIpc) is 2.71. The Morgan fingerprint density at radius 1 is 1.12 bits per heavy atom. The van der Waals surface area contributed by atoms with Crippen LogP contribution in [-0.4, -0.2) is 15.0 Å². The Labute approximate surface area is 101 Å². The van der Waals surface area contributed by atoms with Crippen LogP contribution in [0.25, 0.3) is 10.2 Å². The second-order valence-corrected chi connectivity index (χ2v) is 4.45. The molecular formula is C11H9N5S. The number of nitrogens with two attached hydrogens (primary N) is 1. The molecule has 0 aliphatic heterocycles. The molecule has 0 fully saturated rings. The summed E-state index contributed by atoms with van der Waals surface area (Å²) in [6, 6.07) is 9.59. The van der Waals surface area contributed by atoms with Crippen LogP contribution in [0.2, 0.25) is 0 Å². The van der Waals surface area contributed by atoms with E-state index in [4.69, 9.17) is 5.73 Å². The van der Waals surface area contributed by atoms with Crippen molar-refractivity contribution in [3.8, 4) is 0 Å². The van der Waals surface area contributed by atoms with Crippen molar-refractivity contribution >= 4 is 38.5 Å². The Bertz CT molecular complexity index is 631. The van der Waals surface area contributed by atoms with E-state index < -0.39 is 0 Å². The summed E-state index contributed by atoms with van der Waals surface area (Å²) in [7, 11) is 0. The van der Waals surface area contributed by atoms with Crippen molar-refractivity contribution in [2.75, 3.05) is 11.1 Å². The molecule has 0 spiro atoms. The van der Waals surface area contributed by atoms with Gasteiger partial charge in [0.15, 0.2) is 5.13 Å². The number of thiazole rings is 1. The summed E-state index contributed by atoms with van der Waals surface area (Å²) in [5.74, 6) is 0.896. The lowest BCUT2D eigenvalue weighted by Gasteiger charge is -1.99. The average molecular weight is 243 g/mol. The Hall–Kier alpha value is -2.21. The first-order valence-corrected chi connectivity index (χ1v) is 5.84. The van der Waals surface area contributed by atoms with Crippen LogP contribution < -0.4 is 11.1 Å². The number of aromatic nitrogens is 3. The third kappa shape index (κ3) is 2.02. The third-order valence-electron chi connectivity index (χ3n) is 2.19. The monoisotopic (exact) mass is 243 g/mol. The van der Waals surface area contributed by atoms with Crippen molar-refractivity contribution < 1.29 is 0 Å². The highest BCUT2D eigenvalue weighted by Crippen LogP contribution is 2.26. The summed E-state index contributed by atoms with van der Waals surface area (Å²) < 4.78 is 1.12. The smallest absolute Gasteiger partial charge is 0.230 e. The summed E-state index contributed by atoms with van der Waals surface area (Å²) in [5.41, 5.74) is 6.54. The zero-order valence-electron chi connectivity index (χ0n) is 8.79. The number of anilines is 3. The van der Waals surface area contributed by atoms with E-state index in [0.29, 0.717) is 11.8 Å². The van der Waals surface area contributed by atoms with Gasteiger partial charge in [0.05, 0.1) is 10.2 Å². The highest BCUT2D eigenvalue weighted by Gasteiger charge is 2.04. The minimum Gasteiger partial charge on any atom is -0.384 e. The molecule has 5 nitrogen and oxygen atoms in total. The van der Waals surface area contributed by atoms with Gasteiger partial charge in [-0.15, -0.1) is 0 Å². The number of nitrogens with one attached hydrogen (secondary N) is 1. The fourth-order valence-corrected chi connectivity index (χ4v) is 2.31. The molecule has 0 aliphatic carbocycles. The van der Waals surface area contributed by atoms with Gasteiger partial charge in [-0.2, -0.15) is 4.98 Å². The lowest BCUT2D eigenvalue weighted by Crippen LogP contribution is -1.98. The molecule has 0 saturated carbocycles. The minimum absolute atomic E-state index is 0.434. The van der Waals surface area contributed by atoms with Crippen LogP contribution in [0.3, 0.4) is 0 Å². The van der Waals surface area contributed by atoms with Gasteiger partial charge in [0.1, 0.15) is 5.82 Å². The molecule has 3 rings (SSSR count). The van der Waals surface area contributed by atoms with E-state index in [1.165, 1.54) is 0 Å². The number of benzene rings is 1. The second kappa shape index (κ2) is 3.99. The van der Waals surface area contributed by atoms with Crippen LogP contribution in [-0.2, 0) is 0 Å². The standard InChI is InChI=1S/C11H9N5S/c12-9-5-6-13-10(15-9)16-11-14-7-3-1-2-4-8(7)17-11/h1-6H,(H3,12,13,14,15,16). The van der Waals surface area contributed by atoms with Crippen LogP contribution in [0, 0.1) is 0 Å². The fourth-order valence-electron chi connectivity index (χ4n) is 1.45. The normalized spacial score (nSPS) is 10.6. The molecule has 6 heteroatoms. The van der Waals surface area contributed by atoms with Gasteiger partial charge in [-0.25, -0.2) is 9.97 Å². The Morgan fingerprint density at radius 3 is 2.82 bits per heavy atom. The highest BCUT2D eigenvalue weighted by molar-refractivity contribution is 7.22. The summed E-state index contributed by atoms with van der Waals surface area (Å²) >= 11 is 1.55. The lowest BCUT2D eigenvalue weighted by molar-refractivity contribution is 1.17. The number of hydrogen-bond donors (Lipinski definition) is 2. The zero-order chi connectivity index (χ0) is 11.7. The molecule has 0 saturated heterocycles. The quantitative estimate of drug-likeness (QED) is 0.722. The first kappa shape index (κ1) is 9.98. The summed E-state index contributed by atoms with van der Waals surface area (Å²) in [6.45, 7) is 0. The second-order valence-electron chi connectivity index (χ2n) is 3.42. The van der Waals surface area contributed by atoms with Gasteiger partial charge in [0.2, 0.25) is 5.95 Å². The molecule has 0 atom stereocenters. The summed E-state index contributed by atoms with van der Waals surface area (Å²) in [4.78, 5) is 12.6. The summed E-state index contributed by atoms with van der Waals surface area (Å²) in [5, 5.41) is 3.80. The van der Waals surface area contributed by atoms with E-state index in [2.05, 4.69) is 20.3 Å². The molecule has 17 heavy (non-hydrogen) atoms. The number of rotatable bonds is 2. The van der Waals surface area contributed by atoms with Crippen molar-refractivity contribution in [3.63, 3.8) is 0 Å². The van der Waals surface area contributed by atoms with Crippen LogP contribution in [0.5, 0.6) is 0 Å². The van der Waals surface area contributed by atoms with Gasteiger partial charge in [-0.3, -0.25) is 5.32 Å². The number of hydrogen-bond acceptors (Lipinski definition) is 6. The molecule has 0 unspecified atom stereocenters. The molecule has 0 amide bonds. The van der Waals surface area contributed by atoms with Gasteiger partial charge < -0.3 is 5.73 Å². The molecule has 2 aromatic heterocycles. The van der Waals surface area contributed by atoms with Gasteiger partial charge >= 0.3 is 0 Å². The maximum Gasteiger partial charge on any atom is 0.230 e. The molecule has 0 radical (unpaired) electrons. The van der Waals surface area contributed by atoms with Crippen LogP contribution >= 0.6 is 11.3 Å². The number of nitrogens with zero attached hydrogens (tertiary/aromatic N) is 3. The van der Waals surface area contributed by atoms with E-state index in [1.54, 1.807) is 23.6 Å². The Kier molecular flexibility index (Phi) is 2.34. The molecule has 2 heterocycles. The highest BCUT2D eigenvalue weighted by atomic mass is 32.1. The van der Waals surface area contributed by atoms with E-state index in [9.17, 15) is 0 Å².